The van der Waals surface area contributed by atoms with E-state index < -0.39 is 0 Å². The third-order valence-corrected chi connectivity index (χ3v) is 1.87. The predicted molar refractivity (Wildman–Crippen MR) is 40.3 cm³/mol. The Hall–Kier alpha value is -1.81. The first-order chi connectivity index (χ1) is 5.70. The number of hydrogen-bond donors (Lipinski definition) is 0. The zero-order chi connectivity index (χ0) is 9.14. The standard InChI is InChI=1S/C8H7N3O/c1-11-7(2-3-8(11)12)6(4-9)5-10/h2-3H2,1H3. The van der Waals surface area contributed by atoms with Gasteiger partial charge >= 0.3 is 0 Å². The van der Waals surface area contributed by atoms with Gasteiger partial charge in [0, 0.05) is 19.2 Å². The molecule has 0 atom stereocenters. The lowest BCUT2D eigenvalue weighted by Crippen LogP contribution is -2.17. The maximum atomic E-state index is 11.0. The Balaban J connectivity index is 3.07. The van der Waals surface area contributed by atoms with E-state index >= 15 is 0 Å². The number of carbonyl (C=O) groups is 1. The van der Waals surface area contributed by atoms with E-state index in [1.807, 2.05) is 0 Å². The van der Waals surface area contributed by atoms with Gasteiger partial charge < -0.3 is 4.90 Å². The number of amides is 1. The van der Waals surface area contributed by atoms with Crippen LogP contribution >= 0.6 is 0 Å². The number of likely N-dealkylation sites (tertiary alicyclic amines) is 1. The van der Waals surface area contributed by atoms with Gasteiger partial charge in [-0.25, -0.2) is 0 Å². The molecule has 0 aliphatic carbocycles. The van der Waals surface area contributed by atoms with Crippen LogP contribution in [-0.4, -0.2) is 17.9 Å². The second kappa shape index (κ2) is 3.06. The molecule has 1 amide bonds. The van der Waals surface area contributed by atoms with Crippen LogP contribution in [0.2, 0.25) is 0 Å². The third kappa shape index (κ3) is 1.15. The summed E-state index contributed by atoms with van der Waals surface area (Å²) >= 11 is 0. The Morgan fingerprint density at radius 3 is 2.33 bits per heavy atom. The number of allylic oxidation sites excluding steroid dienone is 2. The van der Waals surface area contributed by atoms with Gasteiger partial charge in [-0.15, -0.1) is 0 Å². The summed E-state index contributed by atoms with van der Waals surface area (Å²) in [7, 11) is 1.58. The summed E-state index contributed by atoms with van der Waals surface area (Å²) < 4.78 is 0. The molecular formula is C8H7N3O. The number of carbonyl (C=O) groups excluding carboxylic acids is 1. The summed E-state index contributed by atoms with van der Waals surface area (Å²) in [5.41, 5.74) is 0.591. The quantitative estimate of drug-likeness (QED) is 0.487. The van der Waals surface area contributed by atoms with Crippen LogP contribution in [0.3, 0.4) is 0 Å². The number of nitrogens with zero attached hydrogens (tertiary/aromatic N) is 3. The Morgan fingerprint density at radius 2 is 2.00 bits per heavy atom. The van der Waals surface area contributed by atoms with Crippen molar-refractivity contribution in [2.75, 3.05) is 7.05 Å². The average molecular weight is 161 g/mol. The molecule has 0 radical (unpaired) electrons. The first kappa shape index (κ1) is 8.29. The Kier molecular flexibility index (Phi) is 2.11. The largest absolute Gasteiger partial charge is 0.317 e. The molecule has 12 heavy (non-hydrogen) atoms. The topological polar surface area (TPSA) is 67.9 Å². The molecule has 0 saturated carbocycles. The van der Waals surface area contributed by atoms with Gasteiger partial charge in [-0.05, 0) is 6.42 Å². The van der Waals surface area contributed by atoms with E-state index in [-0.39, 0.29) is 11.5 Å². The molecule has 0 spiro atoms. The Morgan fingerprint density at radius 1 is 1.42 bits per heavy atom. The van der Waals surface area contributed by atoms with E-state index in [1.54, 1.807) is 19.2 Å². The smallest absolute Gasteiger partial charge is 0.226 e. The molecule has 0 aromatic rings. The van der Waals surface area contributed by atoms with Gasteiger partial charge in [0.25, 0.3) is 0 Å². The van der Waals surface area contributed by atoms with Crippen molar-refractivity contribution in [1.82, 2.24) is 4.90 Å². The minimum Gasteiger partial charge on any atom is -0.317 e. The Labute approximate surface area is 70.3 Å². The molecule has 0 unspecified atom stereocenters. The lowest BCUT2D eigenvalue weighted by atomic mass is 10.2. The van der Waals surface area contributed by atoms with Crippen LogP contribution in [0, 0.1) is 22.7 Å². The summed E-state index contributed by atoms with van der Waals surface area (Å²) in [6, 6.07) is 3.54. The van der Waals surface area contributed by atoms with Gasteiger partial charge in [0.2, 0.25) is 5.91 Å². The lowest BCUT2D eigenvalue weighted by Gasteiger charge is -2.09. The van der Waals surface area contributed by atoms with Crippen molar-refractivity contribution < 1.29 is 4.79 Å². The minimum atomic E-state index is -0.0343. The van der Waals surface area contributed by atoms with Crippen LogP contribution in [0.15, 0.2) is 11.3 Å². The number of nitriles is 2. The van der Waals surface area contributed by atoms with Crippen molar-refractivity contribution in [3.63, 3.8) is 0 Å². The third-order valence-electron chi connectivity index (χ3n) is 1.87. The molecule has 0 aromatic carbocycles. The van der Waals surface area contributed by atoms with Crippen molar-refractivity contribution in [3.05, 3.63) is 11.3 Å². The minimum absolute atomic E-state index is 0.0343. The first-order valence-corrected chi connectivity index (χ1v) is 3.50. The molecule has 1 fully saturated rings. The molecule has 4 heteroatoms. The molecule has 1 aliphatic rings. The van der Waals surface area contributed by atoms with Crippen molar-refractivity contribution in [3.8, 4) is 12.1 Å². The summed E-state index contributed by atoms with van der Waals surface area (Å²) in [4.78, 5) is 12.4. The molecule has 1 aliphatic heterocycles. The normalized spacial score (nSPS) is 15.8. The van der Waals surface area contributed by atoms with Crippen molar-refractivity contribution in [2.45, 2.75) is 12.8 Å². The lowest BCUT2D eigenvalue weighted by molar-refractivity contribution is -0.125. The second-order valence-electron chi connectivity index (χ2n) is 2.50. The monoisotopic (exact) mass is 161 g/mol. The highest BCUT2D eigenvalue weighted by Gasteiger charge is 2.24. The molecule has 1 rings (SSSR count). The molecule has 1 saturated heterocycles. The number of rotatable bonds is 0. The fraction of sp³-hybridized carbons (Fsp3) is 0.375. The Bertz CT molecular complexity index is 313. The van der Waals surface area contributed by atoms with Crippen LogP contribution in [-0.2, 0) is 4.79 Å². The fourth-order valence-corrected chi connectivity index (χ4v) is 1.16. The maximum absolute atomic E-state index is 11.0. The van der Waals surface area contributed by atoms with E-state index in [9.17, 15) is 4.79 Å². The summed E-state index contributed by atoms with van der Waals surface area (Å²) in [6.07, 6.45) is 0.907. The summed E-state index contributed by atoms with van der Waals surface area (Å²) in [6.45, 7) is 0. The van der Waals surface area contributed by atoms with E-state index in [0.29, 0.717) is 18.5 Å². The zero-order valence-electron chi connectivity index (χ0n) is 6.66. The van der Waals surface area contributed by atoms with Gasteiger partial charge in [-0.3, -0.25) is 4.79 Å². The molecule has 4 nitrogen and oxygen atoms in total. The summed E-state index contributed by atoms with van der Waals surface area (Å²) in [5, 5.41) is 17.0. The van der Waals surface area contributed by atoms with Crippen molar-refractivity contribution in [2.24, 2.45) is 0 Å². The zero-order valence-corrected chi connectivity index (χ0v) is 6.66. The van der Waals surface area contributed by atoms with Gasteiger partial charge in [-0.2, -0.15) is 10.5 Å². The van der Waals surface area contributed by atoms with E-state index in [0.717, 1.165) is 0 Å². The molecule has 1 heterocycles. The second-order valence-corrected chi connectivity index (χ2v) is 2.50. The van der Waals surface area contributed by atoms with Crippen molar-refractivity contribution >= 4 is 5.91 Å². The van der Waals surface area contributed by atoms with Gasteiger partial charge in [0.05, 0.1) is 0 Å². The average Bonchev–Trinajstić information content (AvgIpc) is 2.38. The van der Waals surface area contributed by atoms with Gasteiger partial charge in [0.1, 0.15) is 17.7 Å². The van der Waals surface area contributed by atoms with Crippen LogP contribution in [0.4, 0.5) is 0 Å². The predicted octanol–water partition coefficient (Wildman–Crippen LogP) is 0.540. The van der Waals surface area contributed by atoms with Crippen LogP contribution in [0.25, 0.3) is 0 Å². The molecule has 60 valence electrons. The fourth-order valence-electron chi connectivity index (χ4n) is 1.16. The van der Waals surface area contributed by atoms with Gasteiger partial charge in [-0.1, -0.05) is 0 Å². The van der Waals surface area contributed by atoms with E-state index in [2.05, 4.69) is 0 Å². The highest BCUT2D eigenvalue weighted by Crippen LogP contribution is 2.22. The highest BCUT2D eigenvalue weighted by molar-refractivity contribution is 5.81. The molecular weight excluding hydrogens is 154 g/mol. The van der Waals surface area contributed by atoms with Crippen LogP contribution < -0.4 is 0 Å². The molecule has 0 aromatic heterocycles. The maximum Gasteiger partial charge on any atom is 0.226 e. The van der Waals surface area contributed by atoms with Crippen LogP contribution in [0.5, 0.6) is 0 Å². The van der Waals surface area contributed by atoms with Crippen molar-refractivity contribution in [1.29, 1.82) is 10.5 Å². The highest BCUT2D eigenvalue weighted by atomic mass is 16.2. The number of hydrogen-bond acceptors (Lipinski definition) is 3. The van der Waals surface area contributed by atoms with Gasteiger partial charge in [0.15, 0.2) is 0 Å². The first-order valence-electron chi connectivity index (χ1n) is 3.50. The van der Waals surface area contributed by atoms with E-state index in [1.165, 1.54) is 4.90 Å². The summed E-state index contributed by atoms with van der Waals surface area (Å²) in [5.74, 6) is -0.0343. The van der Waals surface area contributed by atoms with E-state index in [4.69, 9.17) is 10.5 Å². The SMILES string of the molecule is CN1C(=O)CCC1=C(C#N)C#N. The molecule has 0 bridgehead atoms. The molecule has 0 N–H and O–H groups in total. The van der Waals surface area contributed by atoms with Crippen LogP contribution in [0.1, 0.15) is 12.8 Å².